The van der Waals surface area contributed by atoms with Gasteiger partial charge < -0.3 is 0 Å². The van der Waals surface area contributed by atoms with Crippen LogP contribution in [-0.4, -0.2) is 20.7 Å². The molecule has 0 amide bonds. The summed E-state index contributed by atoms with van der Waals surface area (Å²) in [7, 11) is -3.15. The predicted molar refractivity (Wildman–Crippen MR) is 61.7 cm³/mol. The van der Waals surface area contributed by atoms with Gasteiger partial charge >= 0.3 is 0 Å². The van der Waals surface area contributed by atoms with Gasteiger partial charge in [0, 0.05) is 6.04 Å². The van der Waals surface area contributed by atoms with Crippen molar-refractivity contribution in [1.82, 2.24) is 0 Å². The van der Waals surface area contributed by atoms with Gasteiger partial charge in [0.05, 0.1) is 11.9 Å². The topological polar surface area (TPSA) is 37.4 Å². The van der Waals surface area contributed by atoms with E-state index in [0.717, 1.165) is 23.2 Å². The molecule has 1 aliphatic rings. The van der Waals surface area contributed by atoms with Crippen LogP contribution in [0.4, 0.5) is 5.69 Å². The summed E-state index contributed by atoms with van der Waals surface area (Å²) in [6.07, 6.45) is 2.08. The molecule has 0 N–H and O–H groups in total. The molecule has 0 radical (unpaired) electrons. The Morgan fingerprint density at radius 3 is 2.67 bits per heavy atom. The number of fused-ring (bicyclic) bond motifs is 1. The van der Waals surface area contributed by atoms with Gasteiger partial charge in [-0.2, -0.15) is 0 Å². The fourth-order valence-corrected chi connectivity index (χ4v) is 3.64. The van der Waals surface area contributed by atoms with Crippen LogP contribution < -0.4 is 4.31 Å². The minimum atomic E-state index is -3.15. The molecular formula is C11H15NO2S. The predicted octanol–water partition coefficient (Wildman–Crippen LogP) is 1.71. The summed E-state index contributed by atoms with van der Waals surface area (Å²) in [6, 6.07) is 5.97. The lowest BCUT2D eigenvalue weighted by Gasteiger charge is -2.23. The second kappa shape index (κ2) is 3.23. The van der Waals surface area contributed by atoms with Crippen LogP contribution in [-0.2, 0) is 16.4 Å². The van der Waals surface area contributed by atoms with E-state index in [2.05, 4.69) is 0 Å². The molecule has 1 heterocycles. The Kier molecular flexibility index (Phi) is 2.26. The molecule has 0 saturated carbocycles. The fourth-order valence-electron chi connectivity index (χ4n) is 2.31. The molecule has 0 fully saturated rings. The van der Waals surface area contributed by atoms with E-state index in [1.807, 2.05) is 32.0 Å². The second-order valence-electron chi connectivity index (χ2n) is 4.19. The van der Waals surface area contributed by atoms with Crippen LogP contribution in [0.3, 0.4) is 0 Å². The van der Waals surface area contributed by atoms with E-state index in [-0.39, 0.29) is 6.04 Å². The summed E-state index contributed by atoms with van der Waals surface area (Å²) < 4.78 is 24.9. The summed E-state index contributed by atoms with van der Waals surface area (Å²) in [5.41, 5.74) is 3.04. The summed E-state index contributed by atoms with van der Waals surface area (Å²) in [6.45, 7) is 3.90. The monoisotopic (exact) mass is 225 g/mol. The van der Waals surface area contributed by atoms with Gasteiger partial charge in [-0.25, -0.2) is 8.42 Å². The lowest BCUT2D eigenvalue weighted by molar-refractivity contribution is 0.590. The van der Waals surface area contributed by atoms with Crippen molar-refractivity contribution in [3.63, 3.8) is 0 Å². The van der Waals surface area contributed by atoms with Crippen molar-refractivity contribution in [2.24, 2.45) is 0 Å². The minimum absolute atomic E-state index is 0.0381. The van der Waals surface area contributed by atoms with Gasteiger partial charge in [-0.1, -0.05) is 18.2 Å². The largest absolute Gasteiger partial charge is 0.267 e. The Hall–Kier alpha value is -1.03. The van der Waals surface area contributed by atoms with Crippen molar-refractivity contribution in [2.45, 2.75) is 26.3 Å². The molecular weight excluding hydrogens is 210 g/mol. The second-order valence-corrected chi connectivity index (χ2v) is 6.05. The smallest absolute Gasteiger partial charge is 0.232 e. The van der Waals surface area contributed by atoms with Gasteiger partial charge in [-0.15, -0.1) is 0 Å². The third-order valence-corrected chi connectivity index (χ3v) is 4.07. The van der Waals surface area contributed by atoms with E-state index < -0.39 is 10.0 Å². The van der Waals surface area contributed by atoms with E-state index >= 15 is 0 Å². The summed E-state index contributed by atoms with van der Waals surface area (Å²) in [5, 5.41) is 0. The van der Waals surface area contributed by atoms with Gasteiger partial charge in [0.15, 0.2) is 0 Å². The first-order valence-electron chi connectivity index (χ1n) is 4.99. The molecule has 3 nitrogen and oxygen atoms in total. The number of sulfonamides is 1. The summed E-state index contributed by atoms with van der Waals surface area (Å²) in [5.74, 6) is 0. The van der Waals surface area contributed by atoms with E-state index in [4.69, 9.17) is 0 Å². The first kappa shape index (κ1) is 10.5. The number of para-hydroxylation sites is 1. The summed E-state index contributed by atoms with van der Waals surface area (Å²) in [4.78, 5) is 0. The molecule has 0 aliphatic carbocycles. The zero-order valence-corrected chi connectivity index (χ0v) is 10.0. The van der Waals surface area contributed by atoms with E-state index in [9.17, 15) is 8.42 Å². The number of aryl methyl sites for hydroxylation is 1. The number of anilines is 1. The lowest BCUT2D eigenvalue weighted by Crippen LogP contribution is -2.35. The van der Waals surface area contributed by atoms with Crippen molar-refractivity contribution >= 4 is 15.7 Å². The Morgan fingerprint density at radius 1 is 1.40 bits per heavy atom. The van der Waals surface area contributed by atoms with Gasteiger partial charge in [0.25, 0.3) is 0 Å². The van der Waals surface area contributed by atoms with E-state index in [0.29, 0.717) is 0 Å². The third kappa shape index (κ3) is 1.63. The molecule has 1 atom stereocenters. The molecule has 0 bridgehead atoms. The molecule has 0 spiro atoms. The van der Waals surface area contributed by atoms with Crippen LogP contribution in [0.15, 0.2) is 18.2 Å². The van der Waals surface area contributed by atoms with Crippen molar-refractivity contribution in [3.05, 3.63) is 29.3 Å². The average molecular weight is 225 g/mol. The Labute approximate surface area is 90.8 Å². The molecule has 1 aromatic rings. The average Bonchev–Trinajstić information content (AvgIpc) is 2.41. The number of hydrogen-bond donors (Lipinski definition) is 0. The quantitative estimate of drug-likeness (QED) is 0.729. The number of rotatable bonds is 1. The SMILES string of the molecule is Cc1cccc2c1N(S(C)(=O)=O)C(C)C2. The zero-order valence-electron chi connectivity index (χ0n) is 9.19. The van der Waals surface area contributed by atoms with Crippen LogP contribution >= 0.6 is 0 Å². The highest BCUT2D eigenvalue weighted by Gasteiger charge is 2.33. The molecule has 82 valence electrons. The number of benzene rings is 1. The van der Waals surface area contributed by atoms with Gasteiger partial charge in [0.1, 0.15) is 0 Å². The maximum atomic E-state index is 11.7. The molecule has 1 unspecified atom stereocenters. The van der Waals surface area contributed by atoms with Crippen LogP contribution in [0.2, 0.25) is 0 Å². The van der Waals surface area contributed by atoms with Crippen molar-refractivity contribution in [3.8, 4) is 0 Å². The molecule has 1 aromatic carbocycles. The Morgan fingerprint density at radius 2 is 2.07 bits per heavy atom. The van der Waals surface area contributed by atoms with Crippen molar-refractivity contribution in [2.75, 3.05) is 10.6 Å². The van der Waals surface area contributed by atoms with E-state index in [1.165, 1.54) is 10.6 Å². The Bertz CT molecular complexity index is 493. The zero-order chi connectivity index (χ0) is 11.2. The number of nitrogens with zero attached hydrogens (tertiary/aromatic N) is 1. The third-order valence-electron chi connectivity index (χ3n) is 2.81. The van der Waals surface area contributed by atoms with Crippen LogP contribution in [0.25, 0.3) is 0 Å². The van der Waals surface area contributed by atoms with E-state index in [1.54, 1.807) is 0 Å². The first-order chi connectivity index (χ1) is 6.91. The van der Waals surface area contributed by atoms with Gasteiger partial charge in [-0.3, -0.25) is 4.31 Å². The Balaban J connectivity index is 2.64. The van der Waals surface area contributed by atoms with Crippen LogP contribution in [0.5, 0.6) is 0 Å². The lowest BCUT2D eigenvalue weighted by atomic mass is 10.1. The maximum absolute atomic E-state index is 11.7. The highest BCUT2D eigenvalue weighted by atomic mass is 32.2. The van der Waals surface area contributed by atoms with Crippen molar-refractivity contribution in [1.29, 1.82) is 0 Å². The molecule has 4 heteroatoms. The maximum Gasteiger partial charge on any atom is 0.232 e. The highest BCUT2D eigenvalue weighted by Crippen LogP contribution is 2.36. The molecule has 15 heavy (non-hydrogen) atoms. The highest BCUT2D eigenvalue weighted by molar-refractivity contribution is 7.92. The van der Waals surface area contributed by atoms with Crippen molar-refractivity contribution < 1.29 is 8.42 Å². The number of hydrogen-bond acceptors (Lipinski definition) is 2. The first-order valence-corrected chi connectivity index (χ1v) is 6.84. The molecule has 2 rings (SSSR count). The van der Waals surface area contributed by atoms with Crippen LogP contribution in [0, 0.1) is 6.92 Å². The molecule has 0 saturated heterocycles. The molecule has 0 aromatic heterocycles. The standard InChI is InChI=1S/C11H15NO2S/c1-8-5-4-6-10-7-9(2)12(11(8)10)15(3,13)14/h4-6,9H,7H2,1-3H3. The van der Waals surface area contributed by atoms with Gasteiger partial charge in [-0.05, 0) is 31.4 Å². The van der Waals surface area contributed by atoms with Gasteiger partial charge in [0.2, 0.25) is 10.0 Å². The fraction of sp³-hybridized carbons (Fsp3) is 0.455. The van der Waals surface area contributed by atoms with Crippen LogP contribution in [0.1, 0.15) is 18.1 Å². The summed E-state index contributed by atoms with van der Waals surface area (Å²) >= 11 is 0. The molecule has 1 aliphatic heterocycles. The minimum Gasteiger partial charge on any atom is -0.267 e. The normalized spacial score (nSPS) is 20.5.